The van der Waals surface area contributed by atoms with Gasteiger partial charge in [-0.05, 0) is 56.1 Å². The minimum absolute atomic E-state index is 0.340. The van der Waals surface area contributed by atoms with Gasteiger partial charge in [0.2, 0.25) is 0 Å². The molecule has 7 heteroatoms. The molecule has 0 aliphatic heterocycles. The zero-order chi connectivity index (χ0) is 14.9. The number of carbonyl (C=O) groups is 1. The van der Waals surface area contributed by atoms with E-state index in [4.69, 9.17) is 5.73 Å². The summed E-state index contributed by atoms with van der Waals surface area (Å²) in [7, 11) is 0. The molecular formula is C13H8Br2F2N2O. The smallest absolute Gasteiger partial charge is 0.261 e. The third-order valence-electron chi connectivity index (χ3n) is 2.49. The van der Waals surface area contributed by atoms with Crippen molar-refractivity contribution in [2.24, 2.45) is 0 Å². The first kappa shape index (κ1) is 14.9. The minimum Gasteiger partial charge on any atom is -0.399 e. The Bertz CT molecular complexity index is 649. The third kappa shape index (κ3) is 2.99. The summed E-state index contributed by atoms with van der Waals surface area (Å²) in [6, 6.07) is 6.36. The van der Waals surface area contributed by atoms with E-state index in [0.29, 0.717) is 20.3 Å². The lowest BCUT2D eigenvalue weighted by Gasteiger charge is -2.11. The molecule has 3 N–H and O–H groups in total. The van der Waals surface area contributed by atoms with E-state index in [9.17, 15) is 13.6 Å². The maximum atomic E-state index is 13.5. The number of nitrogens with two attached hydrogens (primary N) is 1. The number of nitrogens with one attached hydrogen (secondary N) is 1. The van der Waals surface area contributed by atoms with Gasteiger partial charge in [0, 0.05) is 14.6 Å². The van der Waals surface area contributed by atoms with Gasteiger partial charge >= 0.3 is 0 Å². The van der Waals surface area contributed by atoms with Gasteiger partial charge in [0.1, 0.15) is 17.2 Å². The topological polar surface area (TPSA) is 55.1 Å². The quantitative estimate of drug-likeness (QED) is 0.731. The number of hydrogen-bond acceptors (Lipinski definition) is 2. The Morgan fingerprint density at radius 1 is 1.10 bits per heavy atom. The Labute approximate surface area is 130 Å². The van der Waals surface area contributed by atoms with Crippen molar-refractivity contribution in [2.75, 3.05) is 11.1 Å². The first-order valence-electron chi connectivity index (χ1n) is 5.40. The summed E-state index contributed by atoms with van der Waals surface area (Å²) in [6.07, 6.45) is 0. The molecule has 0 aromatic heterocycles. The van der Waals surface area contributed by atoms with Gasteiger partial charge in [0.05, 0.1) is 5.69 Å². The normalized spacial score (nSPS) is 10.4. The van der Waals surface area contributed by atoms with Gasteiger partial charge in [-0.15, -0.1) is 0 Å². The highest BCUT2D eigenvalue weighted by molar-refractivity contribution is 9.11. The molecule has 0 saturated heterocycles. The largest absolute Gasteiger partial charge is 0.399 e. The molecule has 0 aliphatic rings. The molecule has 2 rings (SSSR count). The van der Waals surface area contributed by atoms with Crippen LogP contribution in [-0.4, -0.2) is 5.91 Å². The van der Waals surface area contributed by atoms with E-state index >= 15 is 0 Å². The van der Waals surface area contributed by atoms with E-state index in [1.54, 1.807) is 12.1 Å². The second-order valence-electron chi connectivity index (χ2n) is 3.91. The SMILES string of the molecule is Nc1cc(Br)c(NC(=O)c2c(F)cccc2F)c(Br)c1. The summed E-state index contributed by atoms with van der Waals surface area (Å²) in [5.41, 5.74) is 5.80. The van der Waals surface area contributed by atoms with E-state index in [1.165, 1.54) is 6.07 Å². The molecule has 0 heterocycles. The molecule has 3 nitrogen and oxygen atoms in total. The Hall–Kier alpha value is -1.47. The highest BCUT2D eigenvalue weighted by Gasteiger charge is 2.19. The molecule has 1 amide bonds. The number of hydrogen-bond donors (Lipinski definition) is 2. The van der Waals surface area contributed by atoms with Gasteiger partial charge in [-0.2, -0.15) is 0 Å². The van der Waals surface area contributed by atoms with Crippen LogP contribution in [0.1, 0.15) is 10.4 Å². The molecule has 0 saturated carbocycles. The molecule has 2 aromatic rings. The van der Waals surface area contributed by atoms with Crippen LogP contribution in [0.4, 0.5) is 20.2 Å². The molecule has 0 fully saturated rings. The fourth-order valence-electron chi connectivity index (χ4n) is 1.60. The van der Waals surface area contributed by atoms with Crippen LogP contribution in [0.5, 0.6) is 0 Å². The molecule has 0 spiro atoms. The van der Waals surface area contributed by atoms with E-state index in [-0.39, 0.29) is 0 Å². The first-order chi connectivity index (χ1) is 9.40. The monoisotopic (exact) mass is 404 g/mol. The van der Waals surface area contributed by atoms with Crippen LogP contribution in [0, 0.1) is 11.6 Å². The molecule has 0 unspecified atom stereocenters. The summed E-state index contributed by atoms with van der Waals surface area (Å²) in [5, 5.41) is 2.44. The fourth-order valence-corrected chi connectivity index (χ4v) is 3.02. The fraction of sp³-hybridized carbons (Fsp3) is 0. The highest BCUT2D eigenvalue weighted by atomic mass is 79.9. The maximum absolute atomic E-state index is 13.5. The molecule has 0 atom stereocenters. The van der Waals surface area contributed by atoms with E-state index in [0.717, 1.165) is 12.1 Å². The van der Waals surface area contributed by atoms with Gasteiger partial charge in [-0.3, -0.25) is 4.79 Å². The summed E-state index contributed by atoms with van der Waals surface area (Å²) >= 11 is 6.45. The van der Waals surface area contributed by atoms with Crippen LogP contribution >= 0.6 is 31.9 Å². The molecule has 0 radical (unpaired) electrons. The van der Waals surface area contributed by atoms with Crippen LogP contribution in [-0.2, 0) is 0 Å². The lowest BCUT2D eigenvalue weighted by molar-refractivity contribution is 0.101. The number of benzene rings is 2. The number of nitrogen functional groups attached to an aromatic ring is 1. The standard InChI is InChI=1S/C13H8Br2F2N2O/c14-7-4-6(18)5-8(15)12(7)19-13(20)11-9(16)2-1-3-10(11)17/h1-5H,18H2,(H,19,20). The van der Waals surface area contributed by atoms with Crippen LogP contribution in [0.15, 0.2) is 39.3 Å². The van der Waals surface area contributed by atoms with Crippen molar-refractivity contribution in [1.82, 2.24) is 0 Å². The van der Waals surface area contributed by atoms with Crippen molar-refractivity contribution in [3.05, 3.63) is 56.5 Å². The van der Waals surface area contributed by atoms with Crippen molar-refractivity contribution in [2.45, 2.75) is 0 Å². The number of amides is 1. The Kier molecular flexibility index (Phi) is 4.39. The Morgan fingerprint density at radius 2 is 1.60 bits per heavy atom. The van der Waals surface area contributed by atoms with Crippen molar-refractivity contribution < 1.29 is 13.6 Å². The Morgan fingerprint density at radius 3 is 2.10 bits per heavy atom. The van der Waals surface area contributed by atoms with E-state index < -0.39 is 23.1 Å². The summed E-state index contributed by atoms with van der Waals surface area (Å²) in [4.78, 5) is 12.0. The Balaban J connectivity index is 2.38. The highest BCUT2D eigenvalue weighted by Crippen LogP contribution is 2.33. The molecule has 20 heavy (non-hydrogen) atoms. The molecule has 2 aromatic carbocycles. The predicted molar refractivity (Wildman–Crippen MR) is 80.6 cm³/mol. The van der Waals surface area contributed by atoms with Crippen molar-refractivity contribution in [3.63, 3.8) is 0 Å². The second kappa shape index (κ2) is 5.88. The first-order valence-corrected chi connectivity index (χ1v) is 6.98. The minimum atomic E-state index is -0.926. The van der Waals surface area contributed by atoms with Gasteiger partial charge in [0.25, 0.3) is 5.91 Å². The average Bonchev–Trinajstić information content (AvgIpc) is 2.33. The summed E-state index contributed by atoms with van der Waals surface area (Å²) in [6.45, 7) is 0. The summed E-state index contributed by atoms with van der Waals surface area (Å²) < 4.78 is 28.0. The van der Waals surface area contributed by atoms with Crippen LogP contribution in [0.3, 0.4) is 0 Å². The summed E-state index contributed by atoms with van der Waals surface area (Å²) in [5.74, 6) is -2.73. The number of anilines is 2. The predicted octanol–water partition coefficient (Wildman–Crippen LogP) is 4.32. The van der Waals surface area contributed by atoms with Crippen LogP contribution in [0.2, 0.25) is 0 Å². The van der Waals surface area contributed by atoms with Gasteiger partial charge in [-0.1, -0.05) is 6.07 Å². The lowest BCUT2D eigenvalue weighted by atomic mass is 10.1. The van der Waals surface area contributed by atoms with Crippen molar-refractivity contribution >= 4 is 49.1 Å². The van der Waals surface area contributed by atoms with Crippen molar-refractivity contribution in [3.8, 4) is 0 Å². The number of rotatable bonds is 2. The zero-order valence-electron chi connectivity index (χ0n) is 9.88. The third-order valence-corrected chi connectivity index (χ3v) is 3.74. The van der Waals surface area contributed by atoms with Crippen molar-refractivity contribution in [1.29, 1.82) is 0 Å². The molecule has 0 aliphatic carbocycles. The average molecular weight is 406 g/mol. The molecular weight excluding hydrogens is 398 g/mol. The van der Waals surface area contributed by atoms with Gasteiger partial charge in [-0.25, -0.2) is 8.78 Å². The number of halogens is 4. The van der Waals surface area contributed by atoms with Crippen LogP contribution < -0.4 is 11.1 Å². The molecule has 104 valence electrons. The van der Waals surface area contributed by atoms with Crippen LogP contribution in [0.25, 0.3) is 0 Å². The van der Waals surface area contributed by atoms with Gasteiger partial charge < -0.3 is 11.1 Å². The second-order valence-corrected chi connectivity index (χ2v) is 5.62. The molecule has 0 bridgehead atoms. The van der Waals surface area contributed by atoms with E-state index in [1.807, 2.05) is 0 Å². The maximum Gasteiger partial charge on any atom is 0.261 e. The number of carbonyl (C=O) groups excluding carboxylic acids is 1. The van der Waals surface area contributed by atoms with E-state index in [2.05, 4.69) is 37.2 Å². The lowest BCUT2D eigenvalue weighted by Crippen LogP contribution is -2.16. The zero-order valence-corrected chi connectivity index (χ0v) is 13.1. The van der Waals surface area contributed by atoms with Gasteiger partial charge in [0.15, 0.2) is 0 Å².